The highest BCUT2D eigenvalue weighted by Crippen LogP contribution is 2.25. The molecule has 0 unspecified atom stereocenters. The molecule has 2 heterocycles. The van der Waals surface area contributed by atoms with Gasteiger partial charge in [-0.25, -0.2) is 4.79 Å². The Morgan fingerprint density at radius 3 is 2.52 bits per heavy atom. The fraction of sp³-hybridized carbons (Fsp3) is 0.421. The molecule has 0 radical (unpaired) electrons. The van der Waals surface area contributed by atoms with Crippen LogP contribution in [0.1, 0.15) is 24.4 Å². The Morgan fingerprint density at radius 2 is 1.88 bits per heavy atom. The number of rotatable bonds is 5. The van der Waals surface area contributed by atoms with Crippen LogP contribution in [0, 0.1) is 0 Å². The molecule has 0 bridgehead atoms. The quantitative estimate of drug-likeness (QED) is 0.908. The second kappa shape index (κ2) is 7.96. The van der Waals surface area contributed by atoms with Crippen LogP contribution in [-0.4, -0.2) is 42.8 Å². The van der Waals surface area contributed by atoms with E-state index in [1.807, 2.05) is 35.2 Å². The molecule has 1 aromatic carbocycles. The minimum atomic E-state index is -0.0242. The van der Waals surface area contributed by atoms with Crippen molar-refractivity contribution in [1.29, 1.82) is 0 Å². The van der Waals surface area contributed by atoms with Gasteiger partial charge in [0, 0.05) is 49.7 Å². The van der Waals surface area contributed by atoms with E-state index >= 15 is 0 Å². The molecule has 0 atom stereocenters. The second-order valence-corrected chi connectivity index (χ2v) is 6.18. The minimum absolute atomic E-state index is 0.0242. The Kier molecular flexibility index (Phi) is 5.48. The van der Waals surface area contributed by atoms with Gasteiger partial charge in [-0.05, 0) is 37.1 Å². The predicted molar refractivity (Wildman–Crippen MR) is 96.1 cm³/mol. The van der Waals surface area contributed by atoms with Gasteiger partial charge >= 0.3 is 6.03 Å². The first-order valence-electron chi connectivity index (χ1n) is 8.57. The van der Waals surface area contributed by atoms with E-state index in [1.165, 1.54) is 0 Å². The Hall–Kier alpha value is -2.63. The fourth-order valence-electron chi connectivity index (χ4n) is 3.24. The van der Waals surface area contributed by atoms with Gasteiger partial charge in [0.05, 0.1) is 14.2 Å². The summed E-state index contributed by atoms with van der Waals surface area (Å²) in [7, 11) is 3.24. The van der Waals surface area contributed by atoms with E-state index in [0.29, 0.717) is 18.3 Å². The lowest BCUT2D eigenvalue weighted by molar-refractivity contribution is 0.171. The van der Waals surface area contributed by atoms with Crippen LogP contribution in [0.2, 0.25) is 0 Å². The van der Waals surface area contributed by atoms with Gasteiger partial charge in [-0.3, -0.25) is 0 Å². The summed E-state index contributed by atoms with van der Waals surface area (Å²) in [6.45, 7) is 1.98. The number of hydrogen-bond donors (Lipinski definition) is 1. The van der Waals surface area contributed by atoms with Crippen molar-refractivity contribution in [2.24, 2.45) is 0 Å². The lowest BCUT2D eigenvalue weighted by atomic mass is 10.1. The number of hydrogen-bond acceptors (Lipinski definition) is 3. The van der Waals surface area contributed by atoms with Gasteiger partial charge in [0.1, 0.15) is 11.5 Å². The average Bonchev–Trinajstić information content (AvgIpc) is 3.20. The van der Waals surface area contributed by atoms with E-state index in [1.54, 1.807) is 14.2 Å². The molecule has 3 rings (SSSR count). The summed E-state index contributed by atoms with van der Waals surface area (Å²) < 4.78 is 12.8. The third kappa shape index (κ3) is 4.07. The molecule has 1 N–H and O–H groups in total. The maximum atomic E-state index is 12.4. The largest absolute Gasteiger partial charge is 0.497 e. The molecular formula is C19H25N3O3. The maximum Gasteiger partial charge on any atom is 0.317 e. The number of amides is 2. The van der Waals surface area contributed by atoms with Gasteiger partial charge in [0.15, 0.2) is 0 Å². The molecule has 0 aliphatic carbocycles. The van der Waals surface area contributed by atoms with E-state index in [-0.39, 0.29) is 6.03 Å². The summed E-state index contributed by atoms with van der Waals surface area (Å²) in [5.41, 5.74) is 0.930. The number of carbonyl (C=O) groups is 1. The number of urea groups is 1. The SMILES string of the molecule is COc1ccc(CNC(=O)N2CCC(n3cccc3)CC2)c(OC)c1. The van der Waals surface area contributed by atoms with E-state index in [0.717, 1.165) is 37.2 Å². The Morgan fingerprint density at radius 1 is 1.16 bits per heavy atom. The molecule has 1 saturated heterocycles. The Bertz CT molecular complexity index is 692. The third-order valence-electron chi connectivity index (χ3n) is 4.73. The van der Waals surface area contributed by atoms with Crippen LogP contribution in [0.15, 0.2) is 42.7 Å². The Labute approximate surface area is 148 Å². The van der Waals surface area contributed by atoms with Gasteiger partial charge in [0.2, 0.25) is 0 Å². The van der Waals surface area contributed by atoms with Crippen LogP contribution in [0.3, 0.4) is 0 Å². The Balaban J connectivity index is 1.52. The number of piperidine rings is 1. The van der Waals surface area contributed by atoms with Crippen LogP contribution in [0.25, 0.3) is 0 Å². The fourth-order valence-corrected chi connectivity index (χ4v) is 3.24. The summed E-state index contributed by atoms with van der Waals surface area (Å²) in [4.78, 5) is 14.3. The molecule has 1 aliphatic heterocycles. The average molecular weight is 343 g/mol. The zero-order valence-electron chi connectivity index (χ0n) is 14.8. The van der Waals surface area contributed by atoms with Crippen LogP contribution in [-0.2, 0) is 6.54 Å². The van der Waals surface area contributed by atoms with Crippen molar-refractivity contribution in [3.8, 4) is 11.5 Å². The van der Waals surface area contributed by atoms with Crippen LogP contribution >= 0.6 is 0 Å². The topological polar surface area (TPSA) is 55.7 Å². The van der Waals surface area contributed by atoms with Gasteiger partial charge in [-0.1, -0.05) is 0 Å². The first-order chi connectivity index (χ1) is 12.2. The van der Waals surface area contributed by atoms with Crippen LogP contribution < -0.4 is 14.8 Å². The summed E-state index contributed by atoms with van der Waals surface area (Å²) in [6, 6.07) is 10.2. The molecule has 0 spiro atoms. The summed E-state index contributed by atoms with van der Waals surface area (Å²) in [5.74, 6) is 1.45. The highest BCUT2D eigenvalue weighted by Gasteiger charge is 2.23. The predicted octanol–water partition coefficient (Wildman–Crippen LogP) is 3.05. The van der Waals surface area contributed by atoms with Crippen molar-refractivity contribution in [2.75, 3.05) is 27.3 Å². The van der Waals surface area contributed by atoms with Gasteiger partial charge in [0.25, 0.3) is 0 Å². The summed E-state index contributed by atoms with van der Waals surface area (Å²) in [6.07, 6.45) is 6.15. The number of carbonyl (C=O) groups excluding carboxylic acids is 1. The number of ether oxygens (including phenoxy) is 2. The van der Waals surface area contributed by atoms with Crippen molar-refractivity contribution in [2.45, 2.75) is 25.4 Å². The van der Waals surface area contributed by atoms with Crippen molar-refractivity contribution in [3.63, 3.8) is 0 Å². The monoisotopic (exact) mass is 343 g/mol. The molecule has 1 fully saturated rings. The number of nitrogens with one attached hydrogen (secondary N) is 1. The van der Waals surface area contributed by atoms with E-state index in [9.17, 15) is 4.79 Å². The smallest absolute Gasteiger partial charge is 0.317 e. The lowest BCUT2D eigenvalue weighted by Crippen LogP contribution is -2.44. The zero-order valence-corrected chi connectivity index (χ0v) is 14.8. The first-order valence-corrected chi connectivity index (χ1v) is 8.57. The molecule has 134 valence electrons. The van der Waals surface area contributed by atoms with E-state index < -0.39 is 0 Å². The minimum Gasteiger partial charge on any atom is -0.497 e. The molecular weight excluding hydrogens is 318 g/mol. The number of benzene rings is 1. The van der Waals surface area contributed by atoms with Crippen molar-refractivity contribution < 1.29 is 14.3 Å². The molecule has 2 amide bonds. The van der Waals surface area contributed by atoms with Gasteiger partial charge in [-0.2, -0.15) is 0 Å². The molecule has 0 saturated carbocycles. The molecule has 1 aromatic heterocycles. The maximum absolute atomic E-state index is 12.4. The van der Waals surface area contributed by atoms with Gasteiger partial charge < -0.3 is 24.3 Å². The number of likely N-dealkylation sites (tertiary alicyclic amines) is 1. The lowest BCUT2D eigenvalue weighted by Gasteiger charge is -2.32. The molecule has 25 heavy (non-hydrogen) atoms. The summed E-state index contributed by atoms with van der Waals surface area (Å²) >= 11 is 0. The van der Waals surface area contributed by atoms with E-state index in [4.69, 9.17) is 9.47 Å². The number of methoxy groups -OCH3 is 2. The molecule has 6 heteroatoms. The molecule has 6 nitrogen and oxygen atoms in total. The number of aromatic nitrogens is 1. The van der Waals surface area contributed by atoms with E-state index in [2.05, 4.69) is 22.3 Å². The van der Waals surface area contributed by atoms with Crippen LogP contribution in [0.4, 0.5) is 4.79 Å². The highest BCUT2D eigenvalue weighted by atomic mass is 16.5. The molecule has 1 aliphatic rings. The highest BCUT2D eigenvalue weighted by molar-refractivity contribution is 5.74. The van der Waals surface area contributed by atoms with Crippen molar-refractivity contribution in [1.82, 2.24) is 14.8 Å². The van der Waals surface area contributed by atoms with Crippen LogP contribution in [0.5, 0.6) is 11.5 Å². The first kappa shape index (κ1) is 17.2. The second-order valence-electron chi connectivity index (χ2n) is 6.18. The van der Waals surface area contributed by atoms with Crippen molar-refractivity contribution in [3.05, 3.63) is 48.3 Å². The molecule has 2 aromatic rings. The standard InChI is InChI=1S/C19H25N3O3/c1-24-17-6-5-15(18(13-17)25-2)14-20-19(23)22-11-7-16(8-12-22)21-9-3-4-10-21/h3-6,9-10,13,16H,7-8,11-12,14H2,1-2H3,(H,20,23). The van der Waals surface area contributed by atoms with Crippen molar-refractivity contribution >= 4 is 6.03 Å². The van der Waals surface area contributed by atoms with Gasteiger partial charge in [-0.15, -0.1) is 0 Å². The third-order valence-corrected chi connectivity index (χ3v) is 4.73. The zero-order chi connectivity index (χ0) is 17.6. The normalized spacial score (nSPS) is 15.0. The number of nitrogens with zero attached hydrogens (tertiary/aromatic N) is 2. The summed E-state index contributed by atoms with van der Waals surface area (Å²) in [5, 5.41) is 2.99.